The Labute approximate surface area is 132 Å². The molecule has 0 aromatic heterocycles. The summed E-state index contributed by atoms with van der Waals surface area (Å²) in [6.45, 7) is 0.612. The molecule has 0 saturated heterocycles. The average molecular weight is 378 g/mol. The first-order valence-electron chi connectivity index (χ1n) is 6.36. The fraction of sp³-hybridized carbons (Fsp3) is 0.188. The van der Waals surface area contributed by atoms with E-state index in [1.165, 1.54) is 5.56 Å². The normalized spacial score (nSPS) is 10.0. The Morgan fingerprint density at radius 2 is 1.95 bits per heavy atom. The summed E-state index contributed by atoms with van der Waals surface area (Å²) in [5.74, 6) is 0.678. The Hall–Kier alpha value is -1.74. The highest BCUT2D eigenvalue weighted by Crippen LogP contribution is 2.29. The van der Waals surface area contributed by atoms with Gasteiger partial charge in [-0.3, -0.25) is 0 Å². The molecular weight excluding hydrogens is 363 g/mol. The zero-order chi connectivity index (χ0) is 14.4. The van der Waals surface area contributed by atoms with Gasteiger partial charge in [-0.25, -0.2) is 0 Å². The highest BCUT2D eigenvalue weighted by Gasteiger charge is 2.08. The summed E-state index contributed by atoms with van der Waals surface area (Å²) in [6.07, 6.45) is 1.91. The van der Waals surface area contributed by atoms with Gasteiger partial charge in [0, 0.05) is 0 Å². The Bertz CT molecular complexity index is 597. The van der Waals surface area contributed by atoms with Gasteiger partial charge in [0.05, 0.1) is 27.5 Å². The molecule has 4 heteroatoms. The molecule has 0 spiro atoms. The van der Waals surface area contributed by atoms with E-state index in [2.05, 4.69) is 40.8 Å². The van der Waals surface area contributed by atoms with Crippen LogP contribution in [-0.2, 0) is 6.42 Å². The maximum absolute atomic E-state index is 8.87. The van der Waals surface area contributed by atoms with E-state index in [0.717, 1.165) is 16.4 Å². The first-order valence-corrected chi connectivity index (χ1v) is 7.44. The predicted molar refractivity (Wildman–Crippen MR) is 88.5 cm³/mol. The molecule has 0 radical (unpaired) electrons. The molecule has 102 valence electrons. The first kappa shape index (κ1) is 14.7. The number of ether oxygens (including phenoxy) is 1. The molecule has 0 saturated carbocycles. The molecule has 2 rings (SSSR count). The van der Waals surface area contributed by atoms with Crippen LogP contribution in [0.4, 0.5) is 5.69 Å². The van der Waals surface area contributed by atoms with E-state index in [9.17, 15) is 0 Å². The van der Waals surface area contributed by atoms with E-state index in [-0.39, 0.29) is 0 Å². The molecule has 3 nitrogen and oxygen atoms in total. The van der Waals surface area contributed by atoms with Crippen LogP contribution >= 0.6 is 22.6 Å². The van der Waals surface area contributed by atoms with Gasteiger partial charge >= 0.3 is 0 Å². The standard InChI is InChI=1S/C16H15IN2O/c17-14-9-13(11-18)10-15(19)16(14)20-8-4-7-12-5-2-1-3-6-12/h1-3,5-6,9-10H,4,7-8,19H2. The van der Waals surface area contributed by atoms with Crippen LogP contribution in [0.2, 0.25) is 0 Å². The molecule has 0 amide bonds. The Morgan fingerprint density at radius 1 is 1.20 bits per heavy atom. The number of nitriles is 1. The Morgan fingerprint density at radius 3 is 2.60 bits per heavy atom. The lowest BCUT2D eigenvalue weighted by Gasteiger charge is -2.11. The van der Waals surface area contributed by atoms with Crippen molar-refractivity contribution in [1.82, 2.24) is 0 Å². The molecule has 0 heterocycles. The van der Waals surface area contributed by atoms with Gasteiger partial charge in [0.2, 0.25) is 0 Å². The van der Waals surface area contributed by atoms with Gasteiger partial charge in [-0.1, -0.05) is 30.3 Å². The van der Waals surface area contributed by atoms with E-state index in [1.807, 2.05) is 18.2 Å². The minimum atomic E-state index is 0.521. The number of rotatable bonds is 5. The summed E-state index contributed by atoms with van der Waals surface area (Å²) in [4.78, 5) is 0. The van der Waals surface area contributed by atoms with E-state index in [0.29, 0.717) is 23.6 Å². The van der Waals surface area contributed by atoms with Crippen LogP contribution in [0.3, 0.4) is 0 Å². The molecule has 0 aliphatic rings. The lowest BCUT2D eigenvalue weighted by molar-refractivity contribution is 0.310. The van der Waals surface area contributed by atoms with E-state index in [4.69, 9.17) is 15.7 Å². The van der Waals surface area contributed by atoms with Crippen molar-refractivity contribution in [3.8, 4) is 11.8 Å². The first-order chi connectivity index (χ1) is 9.70. The SMILES string of the molecule is N#Cc1cc(N)c(OCCCc2ccccc2)c(I)c1. The van der Waals surface area contributed by atoms with Crippen molar-refractivity contribution in [2.45, 2.75) is 12.8 Å². The predicted octanol–water partition coefficient (Wildman–Crippen LogP) is 3.76. The molecule has 0 bridgehead atoms. The van der Waals surface area contributed by atoms with Crippen molar-refractivity contribution in [3.63, 3.8) is 0 Å². The summed E-state index contributed by atoms with van der Waals surface area (Å²) < 4.78 is 6.62. The number of nitrogen functional groups attached to an aromatic ring is 1. The second kappa shape index (κ2) is 7.15. The minimum Gasteiger partial charge on any atom is -0.490 e. The van der Waals surface area contributed by atoms with Gasteiger partial charge in [-0.05, 0) is 53.1 Å². The lowest BCUT2D eigenvalue weighted by atomic mass is 10.1. The zero-order valence-corrected chi connectivity index (χ0v) is 13.1. The largest absolute Gasteiger partial charge is 0.490 e. The fourth-order valence-corrected chi connectivity index (χ4v) is 2.73. The molecule has 0 aliphatic carbocycles. The third-order valence-corrected chi connectivity index (χ3v) is 3.70. The van der Waals surface area contributed by atoms with Gasteiger partial charge in [-0.2, -0.15) is 5.26 Å². The van der Waals surface area contributed by atoms with Crippen LogP contribution in [0.25, 0.3) is 0 Å². The maximum Gasteiger partial charge on any atom is 0.155 e. The van der Waals surface area contributed by atoms with Crippen molar-refractivity contribution >= 4 is 28.3 Å². The zero-order valence-electron chi connectivity index (χ0n) is 11.0. The fourth-order valence-electron chi connectivity index (χ4n) is 1.93. The number of hydrogen-bond acceptors (Lipinski definition) is 3. The number of benzene rings is 2. The molecule has 2 aromatic rings. The topological polar surface area (TPSA) is 59.0 Å². The smallest absolute Gasteiger partial charge is 0.155 e. The van der Waals surface area contributed by atoms with Crippen molar-refractivity contribution in [2.75, 3.05) is 12.3 Å². The molecule has 0 atom stereocenters. The highest BCUT2D eigenvalue weighted by molar-refractivity contribution is 14.1. The minimum absolute atomic E-state index is 0.521. The maximum atomic E-state index is 8.87. The second-order valence-corrected chi connectivity index (χ2v) is 5.59. The van der Waals surface area contributed by atoms with Crippen LogP contribution in [0.1, 0.15) is 17.5 Å². The van der Waals surface area contributed by atoms with Crippen molar-refractivity contribution in [1.29, 1.82) is 5.26 Å². The van der Waals surface area contributed by atoms with Gasteiger partial charge < -0.3 is 10.5 Å². The average Bonchev–Trinajstić information content (AvgIpc) is 2.46. The quantitative estimate of drug-likeness (QED) is 0.490. The van der Waals surface area contributed by atoms with Gasteiger partial charge in [0.1, 0.15) is 0 Å². The number of nitrogens with two attached hydrogens (primary N) is 1. The third-order valence-electron chi connectivity index (χ3n) is 2.90. The number of aryl methyl sites for hydroxylation is 1. The third kappa shape index (κ3) is 3.87. The molecule has 0 fully saturated rings. The van der Waals surface area contributed by atoms with Crippen molar-refractivity contribution in [3.05, 3.63) is 57.2 Å². The number of halogens is 1. The van der Waals surface area contributed by atoms with E-state index in [1.54, 1.807) is 12.1 Å². The molecule has 0 unspecified atom stereocenters. The van der Waals surface area contributed by atoms with Crippen molar-refractivity contribution < 1.29 is 4.74 Å². The monoisotopic (exact) mass is 378 g/mol. The van der Waals surface area contributed by atoms with Gasteiger partial charge in [0.15, 0.2) is 5.75 Å². The number of nitrogens with zero attached hydrogens (tertiary/aromatic N) is 1. The van der Waals surface area contributed by atoms with E-state index < -0.39 is 0 Å². The summed E-state index contributed by atoms with van der Waals surface area (Å²) in [5, 5.41) is 8.87. The van der Waals surface area contributed by atoms with Crippen LogP contribution in [0.5, 0.6) is 5.75 Å². The molecular formula is C16H15IN2O. The van der Waals surface area contributed by atoms with Gasteiger partial charge in [0.25, 0.3) is 0 Å². The van der Waals surface area contributed by atoms with Crippen LogP contribution in [0.15, 0.2) is 42.5 Å². The molecule has 2 aromatic carbocycles. The highest BCUT2D eigenvalue weighted by atomic mass is 127. The molecule has 2 N–H and O–H groups in total. The summed E-state index contributed by atoms with van der Waals surface area (Å²) in [7, 11) is 0. The summed E-state index contributed by atoms with van der Waals surface area (Å²) >= 11 is 2.14. The van der Waals surface area contributed by atoms with Crippen LogP contribution in [0, 0.1) is 14.9 Å². The van der Waals surface area contributed by atoms with Crippen LogP contribution < -0.4 is 10.5 Å². The summed E-state index contributed by atoms with van der Waals surface area (Å²) in [5.41, 5.74) is 8.29. The van der Waals surface area contributed by atoms with Crippen LogP contribution in [-0.4, -0.2) is 6.61 Å². The van der Waals surface area contributed by atoms with E-state index >= 15 is 0 Å². The summed E-state index contributed by atoms with van der Waals surface area (Å²) in [6, 6.07) is 15.8. The Kier molecular flexibility index (Phi) is 5.24. The second-order valence-electron chi connectivity index (χ2n) is 4.43. The van der Waals surface area contributed by atoms with Gasteiger partial charge in [-0.15, -0.1) is 0 Å². The number of anilines is 1. The molecule has 20 heavy (non-hydrogen) atoms. The van der Waals surface area contributed by atoms with Crippen molar-refractivity contribution in [2.24, 2.45) is 0 Å². The lowest BCUT2D eigenvalue weighted by Crippen LogP contribution is -2.04. The number of hydrogen-bond donors (Lipinski definition) is 1. The molecule has 0 aliphatic heterocycles. The Balaban J connectivity index is 1.90.